The van der Waals surface area contributed by atoms with Gasteiger partial charge < -0.3 is 9.47 Å². The number of carbonyl (C=O) groups excluding carboxylic acids is 1. The summed E-state index contributed by atoms with van der Waals surface area (Å²) in [5.41, 5.74) is 6.28. The predicted octanol–water partition coefficient (Wildman–Crippen LogP) is 4.82. The summed E-state index contributed by atoms with van der Waals surface area (Å²) in [5.74, 6) is 0.789. The molecular weight excluding hydrogens is 387 g/mol. The fraction of sp³-hybridized carbons (Fsp3) is 0.118. The third-order valence-corrected chi connectivity index (χ3v) is 3.97. The van der Waals surface area contributed by atoms with Crippen LogP contribution in [0.25, 0.3) is 6.08 Å². The minimum Gasteiger partial charge on any atom is -0.493 e. The topological polar surface area (TPSA) is 59.6 Å². The second-order valence-electron chi connectivity index (χ2n) is 4.81. The van der Waals surface area contributed by atoms with E-state index in [9.17, 15) is 4.79 Å². The van der Waals surface area contributed by atoms with E-state index in [1.165, 1.54) is 18.2 Å². The molecule has 0 atom stereocenters. The molecule has 0 spiro atoms. The zero-order valence-corrected chi connectivity index (χ0v) is 15.7. The summed E-state index contributed by atoms with van der Waals surface area (Å²) in [6, 6.07) is 8.34. The van der Waals surface area contributed by atoms with E-state index in [1.807, 2.05) is 0 Å². The van der Waals surface area contributed by atoms with Gasteiger partial charge >= 0.3 is 0 Å². The number of ether oxygens (including phenoxy) is 2. The highest BCUT2D eigenvalue weighted by atomic mass is 35.5. The van der Waals surface area contributed by atoms with Gasteiger partial charge in [-0.15, -0.1) is 0 Å². The van der Waals surface area contributed by atoms with Gasteiger partial charge in [0, 0.05) is 11.1 Å². The average Bonchev–Trinajstić information content (AvgIpc) is 2.58. The first-order valence-corrected chi connectivity index (χ1v) is 8.18. The standard InChI is InChI=1S/C17H15Cl3N2O3/c1-24-14-5-3-10(7-15(14)25-2)4-6-16(23)21-22-17-12(19)8-11(18)9-13(17)20/h3-9,22H,1-2H3,(H,21,23)/b6-4+. The van der Waals surface area contributed by atoms with Gasteiger partial charge in [-0.3, -0.25) is 15.6 Å². The minimum absolute atomic E-state index is 0.293. The molecule has 0 aliphatic heterocycles. The first-order chi connectivity index (χ1) is 11.9. The number of rotatable bonds is 6. The molecule has 25 heavy (non-hydrogen) atoms. The number of halogens is 3. The largest absolute Gasteiger partial charge is 0.493 e. The molecule has 5 nitrogen and oxygen atoms in total. The van der Waals surface area contributed by atoms with E-state index in [4.69, 9.17) is 44.3 Å². The molecule has 2 rings (SSSR count). The van der Waals surface area contributed by atoms with E-state index < -0.39 is 5.91 Å². The number of hydrogen-bond acceptors (Lipinski definition) is 4. The molecule has 2 aromatic carbocycles. The fourth-order valence-electron chi connectivity index (χ4n) is 1.96. The average molecular weight is 402 g/mol. The summed E-state index contributed by atoms with van der Waals surface area (Å²) in [6.07, 6.45) is 2.98. The summed E-state index contributed by atoms with van der Waals surface area (Å²) in [4.78, 5) is 11.9. The van der Waals surface area contributed by atoms with Gasteiger partial charge in [0.05, 0.1) is 30.0 Å². The number of carbonyl (C=O) groups is 1. The summed E-state index contributed by atoms with van der Waals surface area (Å²) in [5, 5.41) is 0.989. The molecule has 0 bridgehead atoms. The maximum absolute atomic E-state index is 11.9. The Morgan fingerprint density at radius 2 is 1.64 bits per heavy atom. The number of hydrazine groups is 1. The molecular formula is C17H15Cl3N2O3. The van der Waals surface area contributed by atoms with Crippen LogP contribution in [-0.4, -0.2) is 20.1 Å². The SMILES string of the molecule is COc1ccc(/C=C/C(=O)NNc2c(Cl)cc(Cl)cc2Cl)cc1OC. The van der Waals surface area contributed by atoms with Gasteiger partial charge in [-0.1, -0.05) is 40.9 Å². The number of nitrogens with one attached hydrogen (secondary N) is 2. The smallest absolute Gasteiger partial charge is 0.262 e. The molecule has 132 valence electrons. The molecule has 0 aliphatic rings. The van der Waals surface area contributed by atoms with Crippen molar-refractivity contribution in [2.75, 3.05) is 19.6 Å². The van der Waals surface area contributed by atoms with Crippen molar-refractivity contribution in [1.29, 1.82) is 0 Å². The van der Waals surface area contributed by atoms with Gasteiger partial charge in [0.15, 0.2) is 11.5 Å². The van der Waals surface area contributed by atoms with Crippen LogP contribution in [0.2, 0.25) is 15.1 Å². The van der Waals surface area contributed by atoms with E-state index in [1.54, 1.807) is 38.5 Å². The predicted molar refractivity (Wildman–Crippen MR) is 102 cm³/mol. The van der Waals surface area contributed by atoms with E-state index in [0.29, 0.717) is 32.3 Å². The molecule has 2 aromatic rings. The third-order valence-electron chi connectivity index (χ3n) is 3.15. The summed E-state index contributed by atoms with van der Waals surface area (Å²) < 4.78 is 10.4. The second-order valence-corrected chi connectivity index (χ2v) is 6.06. The van der Waals surface area contributed by atoms with E-state index in [2.05, 4.69) is 10.9 Å². The Balaban J connectivity index is 2.02. The molecule has 8 heteroatoms. The number of anilines is 1. The van der Waals surface area contributed by atoms with Crippen molar-refractivity contribution >= 4 is 52.5 Å². The fourth-order valence-corrected chi connectivity index (χ4v) is 2.87. The first kappa shape index (κ1) is 19.2. The van der Waals surface area contributed by atoms with Gasteiger partial charge in [0.1, 0.15) is 0 Å². The third kappa shape index (κ3) is 5.19. The van der Waals surface area contributed by atoms with E-state index in [-0.39, 0.29) is 0 Å². The van der Waals surface area contributed by atoms with Gasteiger partial charge in [-0.05, 0) is 35.9 Å². The molecule has 0 saturated carbocycles. The molecule has 2 N–H and O–H groups in total. The van der Waals surface area contributed by atoms with Crippen LogP contribution < -0.4 is 20.3 Å². The molecule has 0 aliphatic carbocycles. The molecule has 0 radical (unpaired) electrons. The van der Waals surface area contributed by atoms with Crippen molar-refractivity contribution in [2.45, 2.75) is 0 Å². The Morgan fingerprint density at radius 3 is 2.24 bits per heavy atom. The zero-order valence-electron chi connectivity index (χ0n) is 13.4. The van der Waals surface area contributed by atoms with Crippen molar-refractivity contribution in [3.63, 3.8) is 0 Å². The van der Waals surface area contributed by atoms with Gasteiger partial charge in [-0.25, -0.2) is 0 Å². The summed E-state index contributed by atoms with van der Waals surface area (Å²) in [6.45, 7) is 0. The lowest BCUT2D eigenvalue weighted by Gasteiger charge is -2.11. The lowest BCUT2D eigenvalue weighted by Crippen LogP contribution is -2.27. The Hall–Kier alpha value is -2.08. The Morgan fingerprint density at radius 1 is 1.00 bits per heavy atom. The minimum atomic E-state index is -0.392. The highest BCUT2D eigenvalue weighted by molar-refractivity contribution is 6.41. The van der Waals surface area contributed by atoms with Crippen molar-refractivity contribution in [1.82, 2.24) is 5.43 Å². The van der Waals surface area contributed by atoms with Gasteiger partial charge in [0.2, 0.25) is 0 Å². The molecule has 0 saturated heterocycles. The quantitative estimate of drug-likeness (QED) is 0.538. The van der Waals surface area contributed by atoms with Gasteiger partial charge in [0.25, 0.3) is 5.91 Å². The van der Waals surface area contributed by atoms with Crippen molar-refractivity contribution < 1.29 is 14.3 Å². The van der Waals surface area contributed by atoms with Crippen LogP contribution in [0.4, 0.5) is 5.69 Å². The number of amides is 1. The Bertz CT molecular complexity index is 787. The summed E-state index contributed by atoms with van der Waals surface area (Å²) in [7, 11) is 3.10. The van der Waals surface area contributed by atoms with E-state index >= 15 is 0 Å². The number of hydrogen-bond donors (Lipinski definition) is 2. The van der Waals surface area contributed by atoms with Crippen LogP contribution in [-0.2, 0) is 4.79 Å². The van der Waals surface area contributed by atoms with Crippen LogP contribution in [0, 0.1) is 0 Å². The molecule has 0 unspecified atom stereocenters. The van der Waals surface area contributed by atoms with Crippen LogP contribution in [0.5, 0.6) is 11.5 Å². The lowest BCUT2D eigenvalue weighted by molar-refractivity contribution is -0.115. The molecule has 0 heterocycles. The van der Waals surface area contributed by atoms with Crippen molar-refractivity contribution in [3.8, 4) is 11.5 Å². The maximum Gasteiger partial charge on any atom is 0.262 e. The van der Waals surface area contributed by atoms with Crippen LogP contribution in [0.15, 0.2) is 36.4 Å². The molecule has 0 fully saturated rings. The number of methoxy groups -OCH3 is 2. The van der Waals surface area contributed by atoms with Crippen LogP contribution in [0.3, 0.4) is 0 Å². The highest BCUT2D eigenvalue weighted by Crippen LogP contribution is 2.33. The summed E-state index contributed by atoms with van der Waals surface area (Å²) >= 11 is 17.9. The Kier molecular flexibility index (Phi) is 6.82. The van der Waals surface area contributed by atoms with Crippen molar-refractivity contribution in [2.24, 2.45) is 0 Å². The first-order valence-electron chi connectivity index (χ1n) is 7.05. The maximum atomic E-state index is 11.9. The van der Waals surface area contributed by atoms with E-state index in [0.717, 1.165) is 5.56 Å². The zero-order chi connectivity index (χ0) is 18.4. The van der Waals surface area contributed by atoms with Crippen LogP contribution >= 0.6 is 34.8 Å². The molecule has 0 aromatic heterocycles. The number of benzene rings is 2. The Labute approximate surface area is 160 Å². The lowest BCUT2D eigenvalue weighted by atomic mass is 10.2. The van der Waals surface area contributed by atoms with Crippen LogP contribution in [0.1, 0.15) is 5.56 Å². The monoisotopic (exact) mass is 400 g/mol. The molecule has 1 amide bonds. The van der Waals surface area contributed by atoms with Crippen molar-refractivity contribution in [3.05, 3.63) is 57.0 Å². The van der Waals surface area contributed by atoms with Gasteiger partial charge in [-0.2, -0.15) is 0 Å². The normalized spacial score (nSPS) is 10.6. The highest BCUT2D eigenvalue weighted by Gasteiger charge is 2.08. The second kappa shape index (κ2) is 8.85.